The summed E-state index contributed by atoms with van der Waals surface area (Å²) in [6, 6.07) is 0. The van der Waals surface area contributed by atoms with Gasteiger partial charge in [-0.15, -0.1) is 0 Å². The van der Waals surface area contributed by atoms with Crippen molar-refractivity contribution in [3.05, 3.63) is 11.7 Å². The van der Waals surface area contributed by atoms with Crippen molar-refractivity contribution in [3.63, 3.8) is 0 Å². The summed E-state index contributed by atoms with van der Waals surface area (Å²) < 4.78 is 10.5. The Bertz CT molecular complexity index is 295. The number of ether oxygens (including phenoxy) is 1. The lowest BCUT2D eigenvalue weighted by Crippen LogP contribution is -2.16. The van der Waals surface area contributed by atoms with E-state index in [9.17, 15) is 0 Å². The van der Waals surface area contributed by atoms with E-state index in [2.05, 4.69) is 22.4 Å². The molecule has 1 aromatic rings. The SMILES string of the molecule is CCNCCc1nc(C2CCOC2)no1. The third kappa shape index (κ3) is 2.76. The van der Waals surface area contributed by atoms with Crippen molar-refractivity contribution in [2.75, 3.05) is 26.3 Å². The summed E-state index contributed by atoms with van der Waals surface area (Å²) >= 11 is 0. The Morgan fingerprint density at radius 2 is 2.47 bits per heavy atom. The van der Waals surface area contributed by atoms with Gasteiger partial charge in [0.25, 0.3) is 0 Å². The standard InChI is InChI=1S/C10H17N3O2/c1-2-11-5-3-9-12-10(13-15-9)8-4-6-14-7-8/h8,11H,2-7H2,1H3. The van der Waals surface area contributed by atoms with E-state index in [4.69, 9.17) is 9.26 Å². The number of hydrogen-bond donors (Lipinski definition) is 1. The van der Waals surface area contributed by atoms with Gasteiger partial charge in [0, 0.05) is 25.5 Å². The molecular formula is C10H17N3O2. The van der Waals surface area contributed by atoms with Crippen molar-refractivity contribution in [2.45, 2.75) is 25.7 Å². The van der Waals surface area contributed by atoms with Crippen molar-refractivity contribution in [3.8, 4) is 0 Å². The molecule has 15 heavy (non-hydrogen) atoms. The lowest BCUT2D eigenvalue weighted by atomic mass is 10.1. The fraction of sp³-hybridized carbons (Fsp3) is 0.800. The van der Waals surface area contributed by atoms with Gasteiger partial charge in [-0.1, -0.05) is 12.1 Å². The maximum Gasteiger partial charge on any atom is 0.227 e. The van der Waals surface area contributed by atoms with E-state index in [0.29, 0.717) is 5.92 Å². The molecule has 1 aliphatic rings. The maximum absolute atomic E-state index is 5.29. The second kappa shape index (κ2) is 5.23. The van der Waals surface area contributed by atoms with Crippen LogP contribution in [0.2, 0.25) is 0 Å². The summed E-state index contributed by atoms with van der Waals surface area (Å²) in [4.78, 5) is 4.37. The summed E-state index contributed by atoms with van der Waals surface area (Å²) in [5, 5.41) is 7.21. The van der Waals surface area contributed by atoms with Gasteiger partial charge in [-0.3, -0.25) is 0 Å². The molecule has 0 saturated carbocycles. The molecule has 5 heteroatoms. The molecule has 0 aliphatic carbocycles. The van der Waals surface area contributed by atoms with E-state index in [0.717, 1.165) is 50.9 Å². The zero-order chi connectivity index (χ0) is 10.5. The molecule has 1 unspecified atom stereocenters. The van der Waals surface area contributed by atoms with Gasteiger partial charge < -0.3 is 14.6 Å². The van der Waals surface area contributed by atoms with E-state index < -0.39 is 0 Å². The van der Waals surface area contributed by atoms with Gasteiger partial charge in [-0.05, 0) is 13.0 Å². The Balaban J connectivity index is 1.86. The molecule has 1 N–H and O–H groups in total. The second-order valence-corrected chi connectivity index (χ2v) is 3.71. The molecule has 0 bridgehead atoms. The first-order valence-electron chi connectivity index (χ1n) is 5.51. The Kier molecular flexibility index (Phi) is 3.69. The average Bonchev–Trinajstić information content (AvgIpc) is 2.87. The minimum Gasteiger partial charge on any atom is -0.381 e. The van der Waals surface area contributed by atoms with Gasteiger partial charge in [0.2, 0.25) is 5.89 Å². The van der Waals surface area contributed by atoms with Crippen LogP contribution < -0.4 is 5.32 Å². The number of rotatable bonds is 5. The molecule has 0 aromatic carbocycles. The second-order valence-electron chi connectivity index (χ2n) is 3.71. The summed E-state index contributed by atoms with van der Waals surface area (Å²) in [5.41, 5.74) is 0. The molecule has 84 valence electrons. The predicted octanol–water partition coefficient (Wildman–Crippen LogP) is 0.725. The Morgan fingerprint density at radius 1 is 1.53 bits per heavy atom. The van der Waals surface area contributed by atoms with Crippen LogP contribution in [0.5, 0.6) is 0 Å². The quantitative estimate of drug-likeness (QED) is 0.727. The molecule has 0 spiro atoms. The first-order valence-corrected chi connectivity index (χ1v) is 5.51. The highest BCUT2D eigenvalue weighted by molar-refractivity contribution is 4.97. The summed E-state index contributed by atoms with van der Waals surface area (Å²) in [7, 11) is 0. The lowest BCUT2D eigenvalue weighted by molar-refractivity contribution is 0.192. The van der Waals surface area contributed by atoms with Crippen LogP contribution in [0.1, 0.15) is 31.0 Å². The van der Waals surface area contributed by atoms with Crippen LogP contribution in [0.15, 0.2) is 4.52 Å². The molecule has 1 atom stereocenters. The van der Waals surface area contributed by atoms with E-state index in [1.54, 1.807) is 0 Å². The van der Waals surface area contributed by atoms with Crippen LogP contribution in [0.25, 0.3) is 0 Å². The van der Waals surface area contributed by atoms with Crippen molar-refractivity contribution in [1.29, 1.82) is 0 Å². The van der Waals surface area contributed by atoms with E-state index in [1.165, 1.54) is 0 Å². The Labute approximate surface area is 89.2 Å². The highest BCUT2D eigenvalue weighted by Gasteiger charge is 2.22. The summed E-state index contributed by atoms with van der Waals surface area (Å²) in [6.07, 6.45) is 1.81. The fourth-order valence-corrected chi connectivity index (χ4v) is 1.65. The first-order chi connectivity index (χ1) is 7.40. The number of nitrogens with zero attached hydrogens (tertiary/aromatic N) is 2. The van der Waals surface area contributed by atoms with Crippen LogP contribution in [-0.2, 0) is 11.2 Å². The molecule has 0 radical (unpaired) electrons. The highest BCUT2D eigenvalue weighted by atomic mass is 16.5. The fourth-order valence-electron chi connectivity index (χ4n) is 1.65. The van der Waals surface area contributed by atoms with Crippen LogP contribution in [0.4, 0.5) is 0 Å². The van der Waals surface area contributed by atoms with Crippen molar-refractivity contribution >= 4 is 0 Å². The molecule has 2 heterocycles. The minimum absolute atomic E-state index is 0.335. The number of hydrogen-bond acceptors (Lipinski definition) is 5. The Morgan fingerprint density at radius 3 is 3.20 bits per heavy atom. The largest absolute Gasteiger partial charge is 0.381 e. The molecule has 1 aliphatic heterocycles. The van der Waals surface area contributed by atoms with Gasteiger partial charge >= 0.3 is 0 Å². The smallest absolute Gasteiger partial charge is 0.227 e. The predicted molar refractivity (Wildman–Crippen MR) is 54.7 cm³/mol. The maximum atomic E-state index is 5.29. The number of likely N-dealkylation sites (N-methyl/N-ethyl adjacent to an activating group) is 1. The van der Waals surface area contributed by atoms with Crippen LogP contribution in [0.3, 0.4) is 0 Å². The minimum atomic E-state index is 0.335. The molecule has 1 saturated heterocycles. The third-order valence-electron chi connectivity index (χ3n) is 2.54. The number of aromatic nitrogens is 2. The monoisotopic (exact) mass is 211 g/mol. The third-order valence-corrected chi connectivity index (χ3v) is 2.54. The van der Waals surface area contributed by atoms with Crippen LogP contribution >= 0.6 is 0 Å². The normalized spacial score (nSPS) is 21.0. The molecule has 2 rings (SSSR count). The van der Waals surface area contributed by atoms with Gasteiger partial charge in [0.15, 0.2) is 5.82 Å². The zero-order valence-electron chi connectivity index (χ0n) is 9.03. The first kappa shape index (κ1) is 10.6. The zero-order valence-corrected chi connectivity index (χ0v) is 9.03. The summed E-state index contributed by atoms with van der Waals surface area (Å²) in [5.74, 6) is 1.86. The number of nitrogens with one attached hydrogen (secondary N) is 1. The lowest BCUT2D eigenvalue weighted by Gasteiger charge is -1.98. The summed E-state index contributed by atoms with van der Waals surface area (Å²) in [6.45, 7) is 5.48. The molecule has 1 fully saturated rings. The van der Waals surface area contributed by atoms with Gasteiger partial charge in [-0.25, -0.2) is 0 Å². The van der Waals surface area contributed by atoms with Crippen molar-refractivity contribution in [2.24, 2.45) is 0 Å². The topological polar surface area (TPSA) is 60.2 Å². The van der Waals surface area contributed by atoms with Crippen molar-refractivity contribution in [1.82, 2.24) is 15.5 Å². The molecule has 1 aromatic heterocycles. The van der Waals surface area contributed by atoms with Crippen LogP contribution in [0, 0.1) is 0 Å². The van der Waals surface area contributed by atoms with E-state index in [1.807, 2.05) is 0 Å². The Hall–Kier alpha value is -0.940. The highest BCUT2D eigenvalue weighted by Crippen LogP contribution is 2.22. The van der Waals surface area contributed by atoms with Gasteiger partial charge in [0.1, 0.15) is 0 Å². The van der Waals surface area contributed by atoms with E-state index >= 15 is 0 Å². The van der Waals surface area contributed by atoms with Crippen LogP contribution in [-0.4, -0.2) is 36.4 Å². The van der Waals surface area contributed by atoms with Gasteiger partial charge in [0.05, 0.1) is 6.61 Å². The molecule has 5 nitrogen and oxygen atoms in total. The van der Waals surface area contributed by atoms with Gasteiger partial charge in [-0.2, -0.15) is 4.98 Å². The average molecular weight is 211 g/mol. The molecular weight excluding hydrogens is 194 g/mol. The molecule has 0 amide bonds. The van der Waals surface area contributed by atoms with E-state index in [-0.39, 0.29) is 0 Å². The van der Waals surface area contributed by atoms with Crippen molar-refractivity contribution < 1.29 is 9.26 Å².